The number of nitrogens with zero attached hydrogens (tertiary/aromatic N) is 1. The Kier molecular flexibility index (Phi) is 10.1. The monoisotopic (exact) mass is 586 g/mol. The van der Waals surface area contributed by atoms with Crippen molar-refractivity contribution in [1.82, 2.24) is 9.88 Å². The summed E-state index contributed by atoms with van der Waals surface area (Å²) in [7, 11) is 0. The highest BCUT2D eigenvalue weighted by Gasteiger charge is 2.19. The highest BCUT2D eigenvalue weighted by Crippen LogP contribution is 2.26. The van der Waals surface area contributed by atoms with Crippen LogP contribution in [-0.4, -0.2) is 34.1 Å². The molecule has 1 heterocycles. The van der Waals surface area contributed by atoms with Crippen LogP contribution in [0.5, 0.6) is 5.75 Å². The number of aliphatic hydroxyl groups is 1. The van der Waals surface area contributed by atoms with Crippen LogP contribution in [0, 0.1) is 11.6 Å². The topological polar surface area (TPSA) is 150 Å². The van der Waals surface area contributed by atoms with E-state index in [1.54, 1.807) is 6.07 Å². The minimum Gasteiger partial charge on any atom is -0.487 e. The second-order valence-electron chi connectivity index (χ2n) is 7.40. The quantitative estimate of drug-likeness (QED) is 0.301. The van der Waals surface area contributed by atoms with Crippen molar-refractivity contribution in [2.24, 2.45) is 11.5 Å². The molecule has 0 saturated carbocycles. The van der Waals surface area contributed by atoms with E-state index in [2.05, 4.69) is 21.2 Å². The number of halogens is 4. The number of aromatic nitrogens is 1. The van der Waals surface area contributed by atoms with Crippen LogP contribution in [0.25, 0.3) is 5.69 Å². The van der Waals surface area contributed by atoms with Gasteiger partial charge >= 0.3 is 0 Å². The maximum absolute atomic E-state index is 14.0. The Bertz CT molecular complexity index is 1340. The minimum atomic E-state index is -1.18. The first-order chi connectivity index (χ1) is 16.6. The van der Waals surface area contributed by atoms with Crippen LogP contribution in [0.1, 0.15) is 21.6 Å². The Morgan fingerprint density at radius 3 is 2.53 bits per heavy atom. The normalized spacial score (nSPS) is 11.4. The maximum atomic E-state index is 14.0. The van der Waals surface area contributed by atoms with Gasteiger partial charge in [0.1, 0.15) is 34.5 Å². The molecule has 13 heteroatoms. The maximum Gasteiger partial charge on any atom is 0.273 e. The molecule has 0 fully saturated rings. The third-order valence-electron chi connectivity index (χ3n) is 4.96. The molecule has 0 aliphatic carbocycles. The lowest BCUT2D eigenvalue weighted by Gasteiger charge is -2.18. The largest absolute Gasteiger partial charge is 0.487 e. The smallest absolute Gasteiger partial charge is 0.273 e. The van der Waals surface area contributed by atoms with Crippen molar-refractivity contribution in [2.45, 2.75) is 19.2 Å². The van der Waals surface area contributed by atoms with Gasteiger partial charge in [0.2, 0.25) is 11.8 Å². The van der Waals surface area contributed by atoms with Crippen LogP contribution < -0.4 is 27.1 Å². The third kappa shape index (κ3) is 6.66. The molecule has 2 amide bonds. The SMILES string of the molecule is Cl.NC(=O)c1cccc(-n2c(CNC(=O)[C@@H](N)CO)cc(OCc3ccc(F)cc3F)c(Br)c2=O)c1. The fourth-order valence-corrected chi connectivity index (χ4v) is 3.52. The molecule has 192 valence electrons. The molecule has 1 atom stereocenters. The number of hydrogen-bond acceptors (Lipinski definition) is 6. The summed E-state index contributed by atoms with van der Waals surface area (Å²) in [5.74, 6) is -2.91. The summed E-state index contributed by atoms with van der Waals surface area (Å²) in [6.07, 6.45) is 0. The van der Waals surface area contributed by atoms with Gasteiger partial charge in [-0.25, -0.2) is 8.78 Å². The van der Waals surface area contributed by atoms with Crippen molar-refractivity contribution in [2.75, 3.05) is 6.61 Å². The highest BCUT2D eigenvalue weighted by molar-refractivity contribution is 9.10. The van der Waals surface area contributed by atoms with E-state index < -0.39 is 41.7 Å². The van der Waals surface area contributed by atoms with Gasteiger partial charge in [0.15, 0.2) is 0 Å². The molecule has 0 aliphatic rings. The van der Waals surface area contributed by atoms with E-state index in [1.165, 1.54) is 34.9 Å². The number of ether oxygens (including phenoxy) is 1. The number of hydrogen-bond donors (Lipinski definition) is 4. The summed E-state index contributed by atoms with van der Waals surface area (Å²) in [5.41, 5.74) is 11.0. The molecule has 0 bridgehead atoms. The van der Waals surface area contributed by atoms with Gasteiger partial charge in [-0.05, 0) is 46.3 Å². The van der Waals surface area contributed by atoms with Crippen molar-refractivity contribution in [3.05, 3.63) is 91.8 Å². The Balaban J connectivity index is 0.00000456. The van der Waals surface area contributed by atoms with Gasteiger partial charge in [0.25, 0.3) is 5.56 Å². The molecule has 0 aliphatic heterocycles. The molecule has 1 aromatic heterocycles. The van der Waals surface area contributed by atoms with Crippen LogP contribution in [0.4, 0.5) is 8.78 Å². The van der Waals surface area contributed by atoms with Crippen LogP contribution >= 0.6 is 28.3 Å². The van der Waals surface area contributed by atoms with Gasteiger partial charge in [-0.3, -0.25) is 19.0 Å². The zero-order valence-electron chi connectivity index (χ0n) is 18.5. The van der Waals surface area contributed by atoms with Crippen molar-refractivity contribution >= 4 is 40.2 Å². The van der Waals surface area contributed by atoms with E-state index in [0.717, 1.165) is 6.07 Å². The average Bonchev–Trinajstić information content (AvgIpc) is 2.84. The lowest BCUT2D eigenvalue weighted by atomic mass is 10.1. The average molecular weight is 588 g/mol. The number of aliphatic hydroxyl groups excluding tert-OH is 1. The van der Waals surface area contributed by atoms with Gasteiger partial charge in [-0.2, -0.15) is 0 Å². The number of nitrogens with one attached hydrogen (secondary N) is 1. The van der Waals surface area contributed by atoms with Crippen molar-refractivity contribution in [1.29, 1.82) is 0 Å². The molecule has 0 spiro atoms. The number of rotatable bonds is 9. The van der Waals surface area contributed by atoms with Crippen LogP contribution in [-0.2, 0) is 17.9 Å². The Morgan fingerprint density at radius 1 is 1.17 bits per heavy atom. The fourth-order valence-electron chi connectivity index (χ4n) is 3.12. The molecule has 0 unspecified atom stereocenters. The summed E-state index contributed by atoms with van der Waals surface area (Å²) in [6.45, 7) is -1.11. The lowest BCUT2D eigenvalue weighted by Crippen LogP contribution is -2.43. The van der Waals surface area contributed by atoms with Crippen LogP contribution in [0.2, 0.25) is 0 Å². The zero-order valence-corrected chi connectivity index (χ0v) is 20.9. The molecular weight excluding hydrogens is 566 g/mol. The van der Waals surface area contributed by atoms with Gasteiger partial charge in [0.05, 0.1) is 13.2 Å². The number of pyridine rings is 1. The zero-order chi connectivity index (χ0) is 25.7. The molecular formula is C23H22BrClF2N4O5. The van der Waals surface area contributed by atoms with Crippen LogP contribution in [0.15, 0.2) is 57.8 Å². The summed E-state index contributed by atoms with van der Waals surface area (Å²) in [6, 6.07) is 9.20. The Morgan fingerprint density at radius 2 is 1.89 bits per heavy atom. The van der Waals surface area contributed by atoms with Crippen molar-refractivity contribution < 1.29 is 28.2 Å². The van der Waals surface area contributed by atoms with Gasteiger partial charge in [0, 0.05) is 34.6 Å². The highest BCUT2D eigenvalue weighted by atomic mass is 79.9. The Hall–Kier alpha value is -3.32. The van der Waals surface area contributed by atoms with E-state index >= 15 is 0 Å². The molecule has 3 aromatic rings. The number of nitrogens with two attached hydrogens (primary N) is 2. The first-order valence-electron chi connectivity index (χ1n) is 10.2. The lowest BCUT2D eigenvalue weighted by molar-refractivity contribution is -0.123. The molecule has 0 saturated heterocycles. The standard InChI is InChI=1S/C23H21BrF2N4O5.ClH/c24-20-19(35-11-13-4-5-14(25)7-17(13)26)8-16(9-29-22(33)18(27)10-31)30(23(20)34)15-3-1-2-12(6-15)21(28)32;/h1-8,18,31H,9-11,27H2,(H2,28,32)(H,29,33);1H/t18-;/m0./s1. The first-order valence-corrected chi connectivity index (χ1v) is 11.0. The van der Waals surface area contributed by atoms with Gasteiger partial charge in [-0.1, -0.05) is 6.07 Å². The number of primary amides is 1. The van der Waals surface area contributed by atoms with Crippen molar-refractivity contribution in [3.8, 4) is 11.4 Å². The fraction of sp³-hybridized carbons (Fsp3) is 0.174. The van der Waals surface area contributed by atoms with E-state index in [-0.39, 0.29) is 58.3 Å². The number of carbonyl (C=O) groups excluding carboxylic acids is 2. The van der Waals surface area contributed by atoms with E-state index in [1.807, 2.05) is 0 Å². The Labute approximate surface area is 218 Å². The predicted octanol–water partition coefficient (Wildman–Crippen LogP) is 1.91. The van der Waals surface area contributed by atoms with Crippen molar-refractivity contribution in [3.63, 3.8) is 0 Å². The van der Waals surface area contributed by atoms with E-state index in [9.17, 15) is 23.2 Å². The molecule has 2 aromatic carbocycles. The summed E-state index contributed by atoms with van der Waals surface area (Å²) >= 11 is 3.18. The molecule has 3 rings (SSSR count). The number of amides is 2. The van der Waals surface area contributed by atoms with Gasteiger partial charge < -0.3 is 26.6 Å². The third-order valence-corrected chi connectivity index (χ3v) is 5.69. The predicted molar refractivity (Wildman–Crippen MR) is 133 cm³/mol. The summed E-state index contributed by atoms with van der Waals surface area (Å²) < 4.78 is 34.0. The molecule has 0 radical (unpaired) electrons. The first kappa shape index (κ1) is 28.9. The minimum absolute atomic E-state index is 0. The molecule has 36 heavy (non-hydrogen) atoms. The second kappa shape index (κ2) is 12.6. The second-order valence-corrected chi connectivity index (χ2v) is 8.19. The van der Waals surface area contributed by atoms with Gasteiger partial charge in [-0.15, -0.1) is 12.4 Å². The van der Waals surface area contributed by atoms with E-state index in [0.29, 0.717) is 6.07 Å². The van der Waals surface area contributed by atoms with Crippen LogP contribution in [0.3, 0.4) is 0 Å². The number of carbonyl (C=O) groups is 2. The molecule has 6 N–H and O–H groups in total. The van der Waals surface area contributed by atoms with E-state index in [4.69, 9.17) is 21.3 Å². The molecule has 9 nitrogen and oxygen atoms in total. The summed E-state index contributed by atoms with van der Waals surface area (Å²) in [5, 5.41) is 11.6. The summed E-state index contributed by atoms with van der Waals surface area (Å²) in [4.78, 5) is 37.0. The number of benzene rings is 2.